The number of hydrogen-bond acceptors (Lipinski definition) is 5. The minimum atomic E-state index is -0.240. The first kappa shape index (κ1) is 24.7. The molecule has 0 aliphatic heterocycles. The Bertz CT molecular complexity index is 787. The predicted molar refractivity (Wildman–Crippen MR) is 135 cm³/mol. The Morgan fingerprint density at radius 3 is 1.97 bits per heavy atom. The molecule has 3 aliphatic carbocycles. The lowest BCUT2D eigenvalue weighted by Crippen LogP contribution is -2.47. The van der Waals surface area contributed by atoms with E-state index in [1.807, 2.05) is 0 Å². The topological polar surface area (TPSA) is 68.0 Å². The molecule has 0 amide bonds. The van der Waals surface area contributed by atoms with Gasteiger partial charge in [0, 0.05) is 5.71 Å². The van der Waals surface area contributed by atoms with Crippen LogP contribution in [0, 0.1) is 22.7 Å². The largest absolute Gasteiger partial charge is 0.296 e. The maximum absolute atomic E-state index is 5.08. The van der Waals surface area contributed by atoms with Gasteiger partial charge in [-0.25, -0.2) is 4.68 Å². The minimum absolute atomic E-state index is 0.240. The molecule has 0 atom stereocenters. The lowest BCUT2D eigenvalue weighted by atomic mass is 9.67. The normalized spacial score (nSPS) is 30.3. The minimum Gasteiger partial charge on any atom is -0.296 e. The van der Waals surface area contributed by atoms with E-state index in [1.165, 1.54) is 63.5 Å². The van der Waals surface area contributed by atoms with Crippen LogP contribution in [-0.2, 0) is 5.54 Å². The molecule has 3 saturated carbocycles. The Morgan fingerprint density at radius 2 is 1.39 bits per heavy atom. The number of aromatic nitrogens is 4. The van der Waals surface area contributed by atoms with Crippen molar-refractivity contribution in [3.63, 3.8) is 0 Å². The molecule has 6 heteroatoms. The Morgan fingerprint density at radius 1 is 0.818 bits per heavy atom. The van der Waals surface area contributed by atoms with E-state index >= 15 is 0 Å². The van der Waals surface area contributed by atoms with Gasteiger partial charge >= 0.3 is 0 Å². The van der Waals surface area contributed by atoms with Crippen LogP contribution in [0.1, 0.15) is 137 Å². The molecule has 1 aromatic rings. The first-order valence-electron chi connectivity index (χ1n) is 13.7. The van der Waals surface area contributed by atoms with Crippen molar-refractivity contribution >= 4 is 5.71 Å². The fraction of sp³-hybridized carbons (Fsp3) is 0.926. The van der Waals surface area contributed by atoms with Crippen molar-refractivity contribution < 1.29 is 0 Å². The molecule has 1 N–H and O–H groups in total. The van der Waals surface area contributed by atoms with Crippen molar-refractivity contribution in [2.75, 3.05) is 0 Å². The van der Waals surface area contributed by atoms with E-state index in [2.05, 4.69) is 67.2 Å². The quantitative estimate of drug-likeness (QED) is 0.506. The Labute approximate surface area is 201 Å². The standard InChI is InChI=1S/C27H48N6/c1-25(2,3)20-12-14-22(15-13-20)28-30-27(18-16-21(17-19-27)26(4,5)6)24-29-31-32-33(24)23-10-8-7-9-11-23/h20-21,23,30H,7-19H2,1-6H3. The lowest BCUT2D eigenvalue weighted by Gasteiger charge is -2.43. The summed E-state index contributed by atoms with van der Waals surface area (Å²) < 4.78 is 2.18. The van der Waals surface area contributed by atoms with Gasteiger partial charge < -0.3 is 0 Å². The van der Waals surface area contributed by atoms with Crippen LogP contribution >= 0.6 is 0 Å². The van der Waals surface area contributed by atoms with Crippen LogP contribution in [0.15, 0.2) is 5.10 Å². The average Bonchev–Trinajstić information content (AvgIpc) is 3.28. The van der Waals surface area contributed by atoms with Gasteiger partial charge in [-0.15, -0.1) is 5.10 Å². The van der Waals surface area contributed by atoms with E-state index in [9.17, 15) is 0 Å². The molecule has 1 aromatic heterocycles. The molecule has 0 bridgehead atoms. The van der Waals surface area contributed by atoms with Crippen LogP contribution in [0.25, 0.3) is 0 Å². The van der Waals surface area contributed by atoms with E-state index in [0.29, 0.717) is 16.9 Å². The van der Waals surface area contributed by atoms with Crippen LogP contribution in [0.5, 0.6) is 0 Å². The Hall–Kier alpha value is -1.46. The highest BCUT2D eigenvalue weighted by atomic mass is 15.6. The zero-order valence-corrected chi connectivity index (χ0v) is 22.2. The van der Waals surface area contributed by atoms with Crippen molar-refractivity contribution in [1.82, 2.24) is 25.6 Å². The van der Waals surface area contributed by atoms with Crippen LogP contribution < -0.4 is 5.43 Å². The van der Waals surface area contributed by atoms with Gasteiger partial charge in [0.2, 0.25) is 0 Å². The summed E-state index contributed by atoms with van der Waals surface area (Å²) in [5.41, 5.74) is 5.58. The van der Waals surface area contributed by atoms with E-state index in [4.69, 9.17) is 5.10 Å². The van der Waals surface area contributed by atoms with Crippen LogP contribution in [0.4, 0.5) is 0 Å². The van der Waals surface area contributed by atoms with Gasteiger partial charge in [0.1, 0.15) is 5.54 Å². The highest BCUT2D eigenvalue weighted by Crippen LogP contribution is 2.46. The molecule has 33 heavy (non-hydrogen) atoms. The number of tetrazole rings is 1. The Balaban J connectivity index is 1.55. The summed E-state index contributed by atoms with van der Waals surface area (Å²) in [5.74, 6) is 2.57. The van der Waals surface area contributed by atoms with E-state index in [1.54, 1.807) is 0 Å². The van der Waals surface area contributed by atoms with Gasteiger partial charge in [0.25, 0.3) is 0 Å². The van der Waals surface area contributed by atoms with E-state index < -0.39 is 0 Å². The SMILES string of the molecule is CC(C)(C)C1CCC(=NNC2(c3nnnn3C3CCCCC3)CCC(C(C)(C)C)CC2)CC1. The summed E-state index contributed by atoms with van der Waals surface area (Å²) in [6, 6.07) is 0.442. The second kappa shape index (κ2) is 9.65. The predicted octanol–water partition coefficient (Wildman–Crippen LogP) is 6.79. The molecule has 0 saturated heterocycles. The molecule has 6 nitrogen and oxygen atoms in total. The zero-order chi connectivity index (χ0) is 23.7. The summed E-state index contributed by atoms with van der Waals surface area (Å²) in [5, 5.41) is 18.5. The molecular formula is C27H48N6. The van der Waals surface area contributed by atoms with Crippen molar-refractivity contribution in [2.45, 2.75) is 137 Å². The van der Waals surface area contributed by atoms with Gasteiger partial charge in [0.05, 0.1) is 6.04 Å². The number of nitrogens with zero attached hydrogens (tertiary/aromatic N) is 5. The first-order chi connectivity index (χ1) is 15.6. The van der Waals surface area contributed by atoms with E-state index in [-0.39, 0.29) is 5.54 Å². The Kier molecular flexibility index (Phi) is 7.21. The van der Waals surface area contributed by atoms with Crippen molar-refractivity contribution in [1.29, 1.82) is 0 Å². The van der Waals surface area contributed by atoms with E-state index in [0.717, 1.165) is 43.3 Å². The summed E-state index contributed by atoms with van der Waals surface area (Å²) in [4.78, 5) is 0. The molecular weight excluding hydrogens is 408 g/mol. The number of nitrogens with one attached hydrogen (secondary N) is 1. The highest BCUT2D eigenvalue weighted by molar-refractivity contribution is 5.84. The zero-order valence-electron chi connectivity index (χ0n) is 22.2. The van der Waals surface area contributed by atoms with Crippen LogP contribution in [0.2, 0.25) is 0 Å². The van der Waals surface area contributed by atoms with Gasteiger partial charge in [-0.1, -0.05) is 60.8 Å². The molecule has 0 aromatic carbocycles. The summed E-state index contributed by atoms with van der Waals surface area (Å²) >= 11 is 0. The maximum Gasteiger partial charge on any atom is 0.178 e. The first-order valence-corrected chi connectivity index (χ1v) is 13.7. The van der Waals surface area contributed by atoms with Gasteiger partial charge in [-0.2, -0.15) is 5.10 Å². The molecule has 3 aliphatic rings. The lowest BCUT2D eigenvalue weighted by molar-refractivity contribution is 0.103. The molecule has 186 valence electrons. The third-order valence-electron chi connectivity index (χ3n) is 9.12. The molecule has 3 fully saturated rings. The van der Waals surface area contributed by atoms with Gasteiger partial charge in [0.15, 0.2) is 5.82 Å². The maximum atomic E-state index is 5.08. The number of hydrogen-bond donors (Lipinski definition) is 1. The molecule has 0 spiro atoms. The third kappa shape index (κ3) is 5.62. The summed E-state index contributed by atoms with van der Waals surface area (Å²) in [7, 11) is 0. The number of rotatable bonds is 4. The van der Waals surface area contributed by atoms with Gasteiger partial charge in [-0.05, 0) is 97.3 Å². The molecule has 4 rings (SSSR count). The smallest absolute Gasteiger partial charge is 0.178 e. The summed E-state index contributed by atoms with van der Waals surface area (Å²) in [6.45, 7) is 14.3. The second-order valence-electron chi connectivity index (χ2n) is 13.4. The van der Waals surface area contributed by atoms with Crippen molar-refractivity contribution in [2.24, 2.45) is 27.8 Å². The number of hydrazone groups is 1. The summed E-state index contributed by atoms with van der Waals surface area (Å²) in [6.07, 6.45) is 15.6. The van der Waals surface area contributed by atoms with Crippen molar-refractivity contribution in [3.05, 3.63) is 5.82 Å². The van der Waals surface area contributed by atoms with Gasteiger partial charge in [-0.3, -0.25) is 5.43 Å². The second-order valence-corrected chi connectivity index (χ2v) is 13.4. The van der Waals surface area contributed by atoms with Crippen LogP contribution in [-0.4, -0.2) is 25.9 Å². The molecule has 1 heterocycles. The van der Waals surface area contributed by atoms with Crippen LogP contribution in [0.3, 0.4) is 0 Å². The monoisotopic (exact) mass is 456 g/mol. The molecule has 0 radical (unpaired) electrons. The third-order valence-corrected chi connectivity index (χ3v) is 9.12. The fourth-order valence-electron chi connectivity index (χ4n) is 6.56. The molecule has 0 unspecified atom stereocenters. The fourth-order valence-corrected chi connectivity index (χ4v) is 6.56. The highest BCUT2D eigenvalue weighted by Gasteiger charge is 2.44. The average molecular weight is 457 g/mol. The van der Waals surface area contributed by atoms with Crippen molar-refractivity contribution in [3.8, 4) is 0 Å².